The average molecular weight is 178 g/mol. The van der Waals surface area contributed by atoms with E-state index in [1.807, 2.05) is 13.8 Å². The zero-order chi connectivity index (χ0) is 9.42. The second kappa shape index (κ2) is 2.62. The van der Waals surface area contributed by atoms with E-state index in [-0.39, 0.29) is 0 Å². The van der Waals surface area contributed by atoms with Gasteiger partial charge in [-0.2, -0.15) is 5.10 Å². The largest absolute Gasteiger partial charge is 0.381 e. The topological polar surface area (TPSA) is 80.7 Å². The highest BCUT2D eigenvalue weighted by Gasteiger charge is 2.14. The molecule has 13 heavy (non-hydrogen) atoms. The van der Waals surface area contributed by atoms with E-state index in [2.05, 4.69) is 15.4 Å². The summed E-state index contributed by atoms with van der Waals surface area (Å²) < 4.78 is 5.09. The van der Waals surface area contributed by atoms with Gasteiger partial charge >= 0.3 is 0 Å². The molecule has 0 bridgehead atoms. The van der Waals surface area contributed by atoms with Crippen LogP contribution in [0.3, 0.4) is 0 Å². The first kappa shape index (κ1) is 7.85. The highest BCUT2D eigenvalue weighted by molar-refractivity contribution is 5.66. The summed E-state index contributed by atoms with van der Waals surface area (Å²) in [4.78, 5) is 0. The van der Waals surface area contributed by atoms with Gasteiger partial charge in [-0.1, -0.05) is 5.16 Å². The Hall–Kier alpha value is -1.78. The Labute approximate surface area is 74.9 Å². The number of nitrogens with two attached hydrogens (primary N) is 1. The van der Waals surface area contributed by atoms with Crippen LogP contribution in [-0.4, -0.2) is 15.4 Å². The van der Waals surface area contributed by atoms with Crippen LogP contribution in [0.15, 0.2) is 10.7 Å². The van der Waals surface area contributed by atoms with Gasteiger partial charge in [-0.3, -0.25) is 5.10 Å². The van der Waals surface area contributed by atoms with Gasteiger partial charge in [0.25, 0.3) is 0 Å². The van der Waals surface area contributed by atoms with E-state index in [0.29, 0.717) is 11.6 Å². The molecule has 0 spiro atoms. The number of nitrogen functional groups attached to an aromatic ring is 1. The summed E-state index contributed by atoms with van der Waals surface area (Å²) in [6.45, 7) is 3.79. The summed E-state index contributed by atoms with van der Waals surface area (Å²) in [5.74, 6) is 1.11. The summed E-state index contributed by atoms with van der Waals surface area (Å²) in [6, 6.07) is 0. The summed E-state index contributed by atoms with van der Waals surface area (Å²) in [5.41, 5.74) is 8.26. The SMILES string of the molecule is Cc1[nH]ncc1-c1onc(N)c1C. The molecular formula is C8H10N4O. The Morgan fingerprint density at radius 2 is 2.23 bits per heavy atom. The van der Waals surface area contributed by atoms with Gasteiger partial charge in [0.05, 0.1) is 11.8 Å². The molecule has 0 saturated heterocycles. The van der Waals surface area contributed by atoms with Crippen LogP contribution in [0.25, 0.3) is 11.3 Å². The lowest BCUT2D eigenvalue weighted by atomic mass is 10.1. The molecule has 2 aromatic heterocycles. The van der Waals surface area contributed by atoms with Crippen molar-refractivity contribution in [3.05, 3.63) is 17.5 Å². The van der Waals surface area contributed by atoms with E-state index in [0.717, 1.165) is 16.8 Å². The molecule has 68 valence electrons. The lowest BCUT2D eigenvalue weighted by molar-refractivity contribution is 0.435. The molecule has 0 fully saturated rings. The van der Waals surface area contributed by atoms with E-state index in [1.54, 1.807) is 6.20 Å². The number of H-pyrrole nitrogens is 1. The number of anilines is 1. The van der Waals surface area contributed by atoms with Gasteiger partial charge < -0.3 is 10.3 Å². The van der Waals surface area contributed by atoms with Crippen molar-refractivity contribution in [2.45, 2.75) is 13.8 Å². The van der Waals surface area contributed by atoms with Crippen LogP contribution < -0.4 is 5.73 Å². The molecule has 5 heteroatoms. The van der Waals surface area contributed by atoms with Crippen LogP contribution in [0, 0.1) is 13.8 Å². The third-order valence-corrected chi connectivity index (χ3v) is 2.03. The normalized spacial score (nSPS) is 10.6. The van der Waals surface area contributed by atoms with Crippen LogP contribution in [0.4, 0.5) is 5.82 Å². The van der Waals surface area contributed by atoms with Crippen LogP contribution >= 0.6 is 0 Å². The van der Waals surface area contributed by atoms with E-state index in [9.17, 15) is 0 Å². The molecular weight excluding hydrogens is 168 g/mol. The highest BCUT2D eigenvalue weighted by Crippen LogP contribution is 2.27. The van der Waals surface area contributed by atoms with Crippen LogP contribution in [-0.2, 0) is 0 Å². The smallest absolute Gasteiger partial charge is 0.175 e. The minimum Gasteiger partial charge on any atom is -0.381 e. The molecule has 2 aromatic rings. The fourth-order valence-electron chi connectivity index (χ4n) is 1.18. The lowest BCUT2D eigenvalue weighted by Gasteiger charge is -1.92. The maximum Gasteiger partial charge on any atom is 0.175 e. The highest BCUT2D eigenvalue weighted by atomic mass is 16.5. The van der Waals surface area contributed by atoms with E-state index >= 15 is 0 Å². The molecule has 0 aromatic carbocycles. The van der Waals surface area contributed by atoms with Crippen molar-refractivity contribution < 1.29 is 4.52 Å². The number of aromatic amines is 1. The molecule has 0 atom stereocenters. The Morgan fingerprint density at radius 1 is 1.46 bits per heavy atom. The molecule has 2 rings (SSSR count). The molecule has 3 N–H and O–H groups in total. The predicted octanol–water partition coefficient (Wildman–Crippen LogP) is 1.26. The van der Waals surface area contributed by atoms with Gasteiger partial charge in [-0.05, 0) is 13.8 Å². The Morgan fingerprint density at radius 3 is 2.69 bits per heavy atom. The van der Waals surface area contributed by atoms with E-state index in [1.165, 1.54) is 0 Å². The number of aromatic nitrogens is 3. The van der Waals surface area contributed by atoms with Crippen molar-refractivity contribution in [3.8, 4) is 11.3 Å². The second-order valence-corrected chi connectivity index (χ2v) is 2.93. The predicted molar refractivity (Wildman–Crippen MR) is 48.0 cm³/mol. The Balaban J connectivity index is 2.59. The maximum absolute atomic E-state index is 5.56. The zero-order valence-electron chi connectivity index (χ0n) is 7.46. The minimum absolute atomic E-state index is 0.426. The third kappa shape index (κ3) is 1.09. The van der Waals surface area contributed by atoms with Crippen LogP contribution in [0.5, 0.6) is 0 Å². The van der Waals surface area contributed by atoms with E-state index in [4.69, 9.17) is 10.3 Å². The number of hydrogen-bond acceptors (Lipinski definition) is 4. The molecule has 0 aliphatic heterocycles. The van der Waals surface area contributed by atoms with Gasteiger partial charge in [0, 0.05) is 11.3 Å². The monoisotopic (exact) mass is 178 g/mol. The van der Waals surface area contributed by atoms with Gasteiger partial charge in [0.1, 0.15) is 0 Å². The first-order chi connectivity index (χ1) is 6.20. The lowest BCUT2D eigenvalue weighted by Crippen LogP contribution is -1.86. The summed E-state index contributed by atoms with van der Waals surface area (Å²) in [5, 5.41) is 10.4. The molecule has 5 nitrogen and oxygen atoms in total. The van der Waals surface area contributed by atoms with Crippen molar-refractivity contribution in [2.24, 2.45) is 0 Å². The van der Waals surface area contributed by atoms with E-state index < -0.39 is 0 Å². The first-order valence-corrected chi connectivity index (χ1v) is 3.92. The molecule has 2 heterocycles. The average Bonchev–Trinajstić information content (AvgIpc) is 2.62. The second-order valence-electron chi connectivity index (χ2n) is 2.93. The van der Waals surface area contributed by atoms with Gasteiger partial charge in [0.2, 0.25) is 0 Å². The minimum atomic E-state index is 0.426. The molecule has 0 aliphatic carbocycles. The summed E-state index contributed by atoms with van der Waals surface area (Å²) >= 11 is 0. The van der Waals surface area contributed by atoms with Gasteiger partial charge in [-0.15, -0.1) is 0 Å². The molecule has 0 saturated carbocycles. The number of rotatable bonds is 1. The number of nitrogens with one attached hydrogen (secondary N) is 1. The number of aryl methyl sites for hydroxylation is 1. The quantitative estimate of drug-likeness (QED) is 0.688. The van der Waals surface area contributed by atoms with Crippen LogP contribution in [0.1, 0.15) is 11.3 Å². The first-order valence-electron chi connectivity index (χ1n) is 3.92. The van der Waals surface area contributed by atoms with Gasteiger partial charge in [-0.25, -0.2) is 0 Å². The van der Waals surface area contributed by atoms with Crippen molar-refractivity contribution >= 4 is 5.82 Å². The number of hydrogen-bond donors (Lipinski definition) is 2. The van der Waals surface area contributed by atoms with Crippen molar-refractivity contribution in [1.82, 2.24) is 15.4 Å². The fourth-order valence-corrected chi connectivity index (χ4v) is 1.18. The van der Waals surface area contributed by atoms with Crippen molar-refractivity contribution in [3.63, 3.8) is 0 Å². The Bertz CT molecular complexity index is 429. The number of nitrogens with zero attached hydrogens (tertiary/aromatic N) is 2. The molecule has 0 unspecified atom stereocenters. The van der Waals surface area contributed by atoms with Crippen LogP contribution in [0.2, 0.25) is 0 Å². The fraction of sp³-hybridized carbons (Fsp3) is 0.250. The molecule has 0 aliphatic rings. The van der Waals surface area contributed by atoms with Crippen molar-refractivity contribution in [1.29, 1.82) is 0 Å². The van der Waals surface area contributed by atoms with Gasteiger partial charge in [0.15, 0.2) is 11.6 Å². The Kier molecular flexibility index (Phi) is 1.58. The molecule has 0 amide bonds. The third-order valence-electron chi connectivity index (χ3n) is 2.03. The van der Waals surface area contributed by atoms with Crippen molar-refractivity contribution in [2.75, 3.05) is 5.73 Å². The zero-order valence-corrected chi connectivity index (χ0v) is 7.46. The summed E-state index contributed by atoms with van der Waals surface area (Å²) in [6.07, 6.45) is 1.70. The standard InChI is InChI=1S/C8H10N4O/c1-4-7(13-12-8(4)9)6-3-10-11-5(6)2/h3H,1-2H3,(H2,9,12)(H,10,11). The summed E-state index contributed by atoms with van der Waals surface area (Å²) in [7, 11) is 0. The maximum atomic E-state index is 5.56. The molecule has 0 radical (unpaired) electrons.